The number of aliphatic imine (C=N–C) groups is 1. The first kappa shape index (κ1) is 21.7. The summed E-state index contributed by atoms with van der Waals surface area (Å²) in [5, 5.41) is 6.97. The molecule has 150 valence electrons. The van der Waals surface area contributed by atoms with Gasteiger partial charge in [0.05, 0.1) is 13.2 Å². The number of hydrogen-bond donors (Lipinski definition) is 3. The third kappa shape index (κ3) is 6.24. The van der Waals surface area contributed by atoms with Crippen LogP contribution in [0.3, 0.4) is 0 Å². The topological polar surface area (TPSA) is 92.0 Å². The molecule has 1 aromatic rings. The van der Waals surface area contributed by atoms with Crippen LogP contribution in [0.2, 0.25) is 0 Å². The van der Waals surface area contributed by atoms with E-state index in [0.717, 1.165) is 57.2 Å². The number of amides is 1. The fraction of sp³-hybridized carbons (Fsp3) is 0.579. The van der Waals surface area contributed by atoms with E-state index in [4.69, 9.17) is 10.5 Å². The van der Waals surface area contributed by atoms with Crippen LogP contribution in [0.1, 0.15) is 30.7 Å². The molecule has 3 rings (SSSR count). The molecular formula is C19H30IN5O2. The number of nitrogens with one attached hydrogen (secondary N) is 2. The van der Waals surface area contributed by atoms with E-state index in [0.29, 0.717) is 18.5 Å². The summed E-state index contributed by atoms with van der Waals surface area (Å²) in [4.78, 5) is 17.5. The molecule has 0 radical (unpaired) electrons. The van der Waals surface area contributed by atoms with E-state index in [2.05, 4.69) is 32.7 Å². The number of nitrogens with two attached hydrogens (primary N) is 1. The molecule has 4 N–H and O–H groups in total. The Balaban J connectivity index is 0.00000261. The van der Waals surface area contributed by atoms with Crippen molar-refractivity contribution in [2.75, 3.05) is 39.8 Å². The van der Waals surface area contributed by atoms with E-state index in [-0.39, 0.29) is 29.9 Å². The zero-order chi connectivity index (χ0) is 18.4. The van der Waals surface area contributed by atoms with Crippen molar-refractivity contribution in [3.63, 3.8) is 0 Å². The second kappa shape index (κ2) is 10.7. The molecule has 2 aliphatic rings. The summed E-state index contributed by atoms with van der Waals surface area (Å²) < 4.78 is 5.73. The highest BCUT2D eigenvalue weighted by Crippen LogP contribution is 2.32. The molecule has 1 aromatic carbocycles. The Hall–Kier alpha value is -1.55. The van der Waals surface area contributed by atoms with Crippen LogP contribution in [0.25, 0.3) is 0 Å². The molecule has 8 heteroatoms. The number of rotatable bonds is 5. The van der Waals surface area contributed by atoms with Gasteiger partial charge in [-0.3, -0.25) is 14.7 Å². The monoisotopic (exact) mass is 487 g/mol. The van der Waals surface area contributed by atoms with Gasteiger partial charge in [-0.1, -0.05) is 18.2 Å². The van der Waals surface area contributed by atoms with Crippen LogP contribution < -0.4 is 21.1 Å². The van der Waals surface area contributed by atoms with E-state index in [1.165, 1.54) is 5.56 Å². The Bertz CT molecular complexity index is 647. The van der Waals surface area contributed by atoms with Gasteiger partial charge in [-0.2, -0.15) is 0 Å². The second-order valence-electron chi connectivity index (χ2n) is 6.99. The van der Waals surface area contributed by atoms with Crippen molar-refractivity contribution < 1.29 is 9.53 Å². The summed E-state index contributed by atoms with van der Waals surface area (Å²) in [5.74, 6) is 2.00. The minimum Gasteiger partial charge on any atom is -0.493 e. The number of piperidine rings is 1. The number of halogens is 1. The van der Waals surface area contributed by atoms with Crippen LogP contribution in [0, 0.1) is 0 Å². The van der Waals surface area contributed by atoms with Crippen molar-refractivity contribution in [2.45, 2.75) is 31.2 Å². The van der Waals surface area contributed by atoms with Gasteiger partial charge in [-0.05, 0) is 30.9 Å². The molecule has 1 unspecified atom stereocenters. The van der Waals surface area contributed by atoms with Gasteiger partial charge in [0.25, 0.3) is 0 Å². The van der Waals surface area contributed by atoms with Gasteiger partial charge in [-0.15, -0.1) is 24.0 Å². The smallest absolute Gasteiger partial charge is 0.231 e. The summed E-state index contributed by atoms with van der Waals surface area (Å²) in [6, 6.07) is 8.62. The molecule has 2 heterocycles. The molecule has 1 saturated heterocycles. The van der Waals surface area contributed by atoms with Gasteiger partial charge >= 0.3 is 0 Å². The summed E-state index contributed by atoms with van der Waals surface area (Å²) in [7, 11) is 1.80. The Kier molecular flexibility index (Phi) is 8.62. The van der Waals surface area contributed by atoms with Crippen LogP contribution in [0.4, 0.5) is 0 Å². The zero-order valence-electron chi connectivity index (χ0n) is 15.8. The lowest BCUT2D eigenvalue weighted by atomic mass is 9.93. The molecule has 1 fully saturated rings. The number of guanidine groups is 1. The fourth-order valence-corrected chi connectivity index (χ4v) is 3.69. The van der Waals surface area contributed by atoms with Gasteiger partial charge in [0.15, 0.2) is 5.96 Å². The number of ether oxygens (including phenoxy) is 1. The average molecular weight is 487 g/mol. The molecule has 1 amide bonds. The quantitative estimate of drug-likeness (QED) is 0.331. The third-order valence-electron chi connectivity index (χ3n) is 5.13. The minimum absolute atomic E-state index is 0. The van der Waals surface area contributed by atoms with Crippen molar-refractivity contribution in [1.29, 1.82) is 0 Å². The third-order valence-corrected chi connectivity index (χ3v) is 5.13. The lowest BCUT2D eigenvalue weighted by Crippen LogP contribution is -2.50. The number of hydrogen-bond acceptors (Lipinski definition) is 4. The van der Waals surface area contributed by atoms with Crippen LogP contribution in [-0.2, 0) is 4.79 Å². The van der Waals surface area contributed by atoms with E-state index in [1.807, 2.05) is 12.1 Å². The standard InChI is InChI=1S/C19H29N5O2.HI/c1-21-19(23-15-6-9-24(10-7-15)13-18(20)25)22-12-14-8-11-26-17-5-3-2-4-16(14)17;/h2-5,14-15H,6-13H2,1H3,(H2,20,25)(H2,21,22,23);1H. The number of likely N-dealkylation sites (tertiary alicyclic amines) is 1. The lowest BCUT2D eigenvalue weighted by Gasteiger charge is -2.32. The van der Waals surface area contributed by atoms with Crippen molar-refractivity contribution in [3.05, 3.63) is 29.8 Å². The van der Waals surface area contributed by atoms with Crippen LogP contribution in [-0.4, -0.2) is 62.6 Å². The number of fused-ring (bicyclic) bond motifs is 1. The predicted octanol–water partition coefficient (Wildman–Crippen LogP) is 1.29. The maximum absolute atomic E-state index is 11.0. The fourth-order valence-electron chi connectivity index (χ4n) is 3.69. The normalized spacial score (nSPS) is 20.8. The minimum atomic E-state index is -0.259. The predicted molar refractivity (Wildman–Crippen MR) is 118 cm³/mol. The van der Waals surface area contributed by atoms with Crippen LogP contribution >= 0.6 is 24.0 Å². The Morgan fingerprint density at radius 2 is 2.04 bits per heavy atom. The van der Waals surface area contributed by atoms with Crippen molar-refractivity contribution in [3.8, 4) is 5.75 Å². The number of benzene rings is 1. The molecule has 2 aliphatic heterocycles. The van der Waals surface area contributed by atoms with Gasteiger partial charge in [-0.25, -0.2) is 0 Å². The van der Waals surface area contributed by atoms with Crippen LogP contribution in [0.15, 0.2) is 29.3 Å². The zero-order valence-corrected chi connectivity index (χ0v) is 18.1. The molecule has 0 spiro atoms. The Labute approximate surface area is 178 Å². The Morgan fingerprint density at radius 1 is 1.30 bits per heavy atom. The maximum atomic E-state index is 11.0. The van der Waals surface area contributed by atoms with Crippen molar-refractivity contribution in [1.82, 2.24) is 15.5 Å². The second-order valence-corrected chi connectivity index (χ2v) is 6.99. The summed E-state index contributed by atoms with van der Waals surface area (Å²) in [6.07, 6.45) is 2.97. The highest BCUT2D eigenvalue weighted by molar-refractivity contribution is 14.0. The molecular weight excluding hydrogens is 457 g/mol. The Morgan fingerprint density at radius 3 is 2.74 bits per heavy atom. The number of primary amides is 1. The number of carbonyl (C=O) groups is 1. The summed E-state index contributed by atoms with van der Waals surface area (Å²) in [6.45, 7) is 3.70. The van der Waals surface area contributed by atoms with Crippen molar-refractivity contribution >= 4 is 35.8 Å². The van der Waals surface area contributed by atoms with Gasteiger partial charge < -0.3 is 21.1 Å². The van der Waals surface area contributed by atoms with E-state index >= 15 is 0 Å². The number of carbonyl (C=O) groups excluding carboxylic acids is 1. The first-order valence-corrected chi connectivity index (χ1v) is 9.35. The number of nitrogens with zero attached hydrogens (tertiary/aromatic N) is 2. The first-order valence-electron chi connectivity index (χ1n) is 9.35. The molecule has 1 atom stereocenters. The molecule has 0 bridgehead atoms. The number of para-hydroxylation sites is 1. The molecule has 0 saturated carbocycles. The SMILES string of the molecule is CN=C(NCC1CCOc2ccccc21)NC1CCN(CC(N)=O)CC1.I. The van der Waals surface area contributed by atoms with E-state index in [1.54, 1.807) is 7.05 Å². The van der Waals surface area contributed by atoms with Gasteiger partial charge in [0.2, 0.25) is 5.91 Å². The molecule has 7 nitrogen and oxygen atoms in total. The summed E-state index contributed by atoms with van der Waals surface area (Å²) in [5.41, 5.74) is 6.54. The average Bonchev–Trinajstić information content (AvgIpc) is 2.66. The largest absolute Gasteiger partial charge is 0.493 e. The lowest BCUT2D eigenvalue weighted by molar-refractivity contribution is -0.119. The van der Waals surface area contributed by atoms with Crippen molar-refractivity contribution in [2.24, 2.45) is 10.7 Å². The molecule has 0 aliphatic carbocycles. The maximum Gasteiger partial charge on any atom is 0.231 e. The van der Waals surface area contributed by atoms with Gasteiger partial charge in [0.1, 0.15) is 5.75 Å². The summed E-state index contributed by atoms with van der Waals surface area (Å²) >= 11 is 0. The molecule has 27 heavy (non-hydrogen) atoms. The van der Waals surface area contributed by atoms with Crippen LogP contribution in [0.5, 0.6) is 5.75 Å². The highest BCUT2D eigenvalue weighted by Gasteiger charge is 2.23. The molecule has 0 aromatic heterocycles. The van der Waals surface area contributed by atoms with Gasteiger partial charge in [0, 0.05) is 38.6 Å². The first-order chi connectivity index (χ1) is 12.7. The van der Waals surface area contributed by atoms with E-state index < -0.39 is 0 Å². The highest BCUT2D eigenvalue weighted by atomic mass is 127. The van der Waals surface area contributed by atoms with E-state index in [9.17, 15) is 4.79 Å².